The highest BCUT2D eigenvalue weighted by atomic mass is 32.2. The minimum atomic E-state index is -0.842. The van der Waals surface area contributed by atoms with Gasteiger partial charge < -0.3 is 20.1 Å². The molecule has 1 aromatic rings. The molecule has 0 bridgehead atoms. The van der Waals surface area contributed by atoms with Gasteiger partial charge in [-0.2, -0.15) is 0 Å². The normalized spacial score (nSPS) is 21.0. The van der Waals surface area contributed by atoms with E-state index in [0.717, 1.165) is 0 Å². The Morgan fingerprint density at radius 2 is 2.10 bits per heavy atom. The Morgan fingerprint density at radius 3 is 2.68 bits per heavy atom. The van der Waals surface area contributed by atoms with Crippen molar-refractivity contribution < 1.29 is 29.2 Å². The molecule has 164 valence electrons. The predicted molar refractivity (Wildman–Crippen MR) is 111 cm³/mol. The van der Waals surface area contributed by atoms with Crippen molar-refractivity contribution in [3.63, 3.8) is 0 Å². The molecule has 0 aromatic heterocycles. The van der Waals surface area contributed by atoms with Crippen LogP contribution in [-0.2, 0) is 25.7 Å². The summed E-state index contributed by atoms with van der Waals surface area (Å²) in [6, 6.07) is 5.27. The van der Waals surface area contributed by atoms with Gasteiger partial charge in [0.15, 0.2) is 0 Å². The SMILES string of the molecule is CC(=O)NC=CSC1=C(C(=O)OCc2ccc([N+](=O)[O-])cc2)N2C(=O)C(C(C)O)C2C1. The summed E-state index contributed by atoms with van der Waals surface area (Å²) in [6.07, 6.45) is 0.979. The van der Waals surface area contributed by atoms with Gasteiger partial charge in [0.05, 0.1) is 23.0 Å². The molecule has 3 rings (SSSR count). The fourth-order valence-electron chi connectivity index (χ4n) is 3.52. The lowest BCUT2D eigenvalue weighted by Crippen LogP contribution is -2.61. The first-order valence-electron chi connectivity index (χ1n) is 9.44. The van der Waals surface area contributed by atoms with Crippen LogP contribution in [0.4, 0.5) is 5.69 Å². The number of thioether (sulfide) groups is 1. The number of fused-ring (bicyclic) bond motifs is 1. The quantitative estimate of drug-likeness (QED) is 0.266. The van der Waals surface area contributed by atoms with E-state index in [-0.39, 0.29) is 35.8 Å². The molecule has 2 N–H and O–H groups in total. The first-order chi connectivity index (χ1) is 14.7. The molecular formula is C20H21N3O7S. The van der Waals surface area contributed by atoms with Gasteiger partial charge in [-0.1, -0.05) is 11.8 Å². The van der Waals surface area contributed by atoms with E-state index in [9.17, 15) is 29.6 Å². The highest BCUT2D eigenvalue weighted by Crippen LogP contribution is 2.47. The second kappa shape index (κ2) is 9.31. The molecule has 11 heteroatoms. The lowest BCUT2D eigenvalue weighted by molar-refractivity contribution is -0.384. The lowest BCUT2D eigenvalue weighted by Gasteiger charge is -2.44. The van der Waals surface area contributed by atoms with Crippen molar-refractivity contribution in [2.45, 2.75) is 39.0 Å². The molecule has 2 amide bonds. The summed E-state index contributed by atoms with van der Waals surface area (Å²) in [5.74, 6) is -1.87. The van der Waals surface area contributed by atoms with Crippen molar-refractivity contribution in [1.82, 2.24) is 10.2 Å². The number of aliphatic hydroxyl groups excluding tert-OH is 1. The van der Waals surface area contributed by atoms with E-state index >= 15 is 0 Å². The molecule has 3 unspecified atom stereocenters. The topological polar surface area (TPSA) is 139 Å². The maximum Gasteiger partial charge on any atom is 0.356 e. The average Bonchev–Trinajstić information content (AvgIpc) is 3.03. The Morgan fingerprint density at radius 1 is 1.42 bits per heavy atom. The molecule has 0 saturated carbocycles. The van der Waals surface area contributed by atoms with E-state index < -0.39 is 22.9 Å². The van der Waals surface area contributed by atoms with Crippen LogP contribution in [0.2, 0.25) is 0 Å². The van der Waals surface area contributed by atoms with Crippen molar-refractivity contribution in [2.24, 2.45) is 5.92 Å². The molecule has 1 saturated heterocycles. The van der Waals surface area contributed by atoms with Crippen LogP contribution in [0.15, 0.2) is 46.5 Å². The zero-order valence-electron chi connectivity index (χ0n) is 16.8. The fourth-order valence-corrected chi connectivity index (χ4v) is 4.39. The number of nitro benzene ring substituents is 1. The van der Waals surface area contributed by atoms with Gasteiger partial charge in [-0.3, -0.25) is 19.7 Å². The summed E-state index contributed by atoms with van der Waals surface area (Å²) in [6.45, 7) is 2.78. The molecule has 0 spiro atoms. The Balaban J connectivity index is 1.74. The Bertz CT molecular complexity index is 971. The number of hydrogen-bond donors (Lipinski definition) is 2. The first kappa shape index (κ1) is 22.5. The van der Waals surface area contributed by atoms with E-state index in [2.05, 4.69) is 5.32 Å². The van der Waals surface area contributed by atoms with Crippen molar-refractivity contribution in [3.05, 3.63) is 62.2 Å². The smallest absolute Gasteiger partial charge is 0.356 e. The van der Waals surface area contributed by atoms with Crippen LogP contribution in [0, 0.1) is 16.0 Å². The molecule has 1 aromatic carbocycles. The van der Waals surface area contributed by atoms with Crippen molar-refractivity contribution >= 4 is 35.2 Å². The fraction of sp³-hybridized carbons (Fsp3) is 0.350. The summed E-state index contributed by atoms with van der Waals surface area (Å²) in [5.41, 5.74) is 0.605. The molecule has 3 atom stereocenters. The first-order valence-corrected chi connectivity index (χ1v) is 10.3. The molecule has 0 radical (unpaired) electrons. The molecule has 2 aliphatic heterocycles. The van der Waals surface area contributed by atoms with Gasteiger partial charge in [-0.15, -0.1) is 0 Å². The highest BCUT2D eigenvalue weighted by molar-refractivity contribution is 8.05. The number of rotatable bonds is 8. The van der Waals surface area contributed by atoms with Gasteiger partial charge in [0, 0.05) is 36.6 Å². The highest BCUT2D eigenvalue weighted by Gasteiger charge is 2.56. The number of non-ortho nitro benzene ring substituents is 1. The summed E-state index contributed by atoms with van der Waals surface area (Å²) >= 11 is 1.19. The van der Waals surface area contributed by atoms with E-state index in [0.29, 0.717) is 16.9 Å². The number of carbonyl (C=O) groups is 3. The van der Waals surface area contributed by atoms with Crippen LogP contribution in [-0.4, -0.2) is 44.9 Å². The van der Waals surface area contributed by atoms with Crippen LogP contribution < -0.4 is 5.32 Å². The third-order valence-corrected chi connectivity index (χ3v) is 5.88. The molecule has 2 heterocycles. The van der Waals surface area contributed by atoms with Gasteiger partial charge in [0.2, 0.25) is 11.8 Å². The van der Waals surface area contributed by atoms with E-state index in [1.165, 1.54) is 61.0 Å². The van der Waals surface area contributed by atoms with E-state index in [1.807, 2.05) is 0 Å². The van der Waals surface area contributed by atoms with E-state index in [4.69, 9.17) is 4.74 Å². The number of hydrogen-bond acceptors (Lipinski definition) is 8. The van der Waals surface area contributed by atoms with Gasteiger partial charge in [-0.25, -0.2) is 4.79 Å². The lowest BCUT2D eigenvalue weighted by atomic mass is 9.83. The largest absolute Gasteiger partial charge is 0.456 e. The van der Waals surface area contributed by atoms with Gasteiger partial charge >= 0.3 is 5.97 Å². The number of amides is 2. The Labute approximate surface area is 182 Å². The number of nitrogens with zero attached hydrogens (tertiary/aromatic N) is 2. The number of aliphatic hydroxyl groups is 1. The van der Waals surface area contributed by atoms with Crippen LogP contribution in [0.1, 0.15) is 25.8 Å². The molecule has 10 nitrogen and oxygen atoms in total. The number of esters is 1. The van der Waals surface area contributed by atoms with Crippen molar-refractivity contribution in [2.75, 3.05) is 0 Å². The molecule has 2 aliphatic rings. The van der Waals surface area contributed by atoms with Crippen molar-refractivity contribution in [1.29, 1.82) is 0 Å². The molecular weight excluding hydrogens is 426 g/mol. The van der Waals surface area contributed by atoms with Crippen LogP contribution in [0.25, 0.3) is 0 Å². The average molecular weight is 447 g/mol. The van der Waals surface area contributed by atoms with Gasteiger partial charge in [-0.05, 0) is 30.0 Å². The minimum Gasteiger partial charge on any atom is -0.456 e. The number of β-lactam (4-membered cyclic amide) rings is 1. The number of ether oxygens (including phenoxy) is 1. The van der Waals surface area contributed by atoms with Crippen LogP contribution >= 0.6 is 11.8 Å². The standard InChI is InChI=1S/C20H21N3O7S/c1-11(24)17-15-9-16(31-8-7-21-12(2)25)18(22(15)19(17)26)20(27)30-10-13-3-5-14(6-4-13)23(28)29/h3-8,11,15,17,24H,9-10H2,1-2H3,(H,21,25). The number of nitrogens with one attached hydrogen (secondary N) is 1. The summed E-state index contributed by atoms with van der Waals surface area (Å²) in [7, 11) is 0. The Hall–Kier alpha value is -3.18. The Kier molecular flexibility index (Phi) is 6.76. The number of carbonyl (C=O) groups excluding carboxylic acids is 3. The van der Waals surface area contributed by atoms with E-state index in [1.54, 1.807) is 5.41 Å². The minimum absolute atomic E-state index is 0.0728. The second-order valence-corrected chi connectivity index (χ2v) is 8.14. The third kappa shape index (κ3) is 4.78. The van der Waals surface area contributed by atoms with Crippen molar-refractivity contribution in [3.8, 4) is 0 Å². The van der Waals surface area contributed by atoms with Gasteiger partial charge in [0.25, 0.3) is 5.69 Å². The predicted octanol–water partition coefficient (Wildman–Crippen LogP) is 1.80. The van der Waals surface area contributed by atoms with Crippen LogP contribution in [0.5, 0.6) is 0 Å². The van der Waals surface area contributed by atoms with Gasteiger partial charge in [0.1, 0.15) is 12.3 Å². The summed E-state index contributed by atoms with van der Waals surface area (Å²) in [5, 5.41) is 24.7. The summed E-state index contributed by atoms with van der Waals surface area (Å²) in [4.78, 5) is 48.5. The maximum atomic E-state index is 12.8. The zero-order chi connectivity index (χ0) is 22.7. The monoisotopic (exact) mass is 447 g/mol. The molecule has 0 aliphatic carbocycles. The zero-order valence-corrected chi connectivity index (χ0v) is 17.6. The second-order valence-electron chi connectivity index (χ2n) is 7.14. The molecule has 31 heavy (non-hydrogen) atoms. The number of nitro groups is 1. The third-order valence-electron chi connectivity index (χ3n) is 4.96. The summed E-state index contributed by atoms with van der Waals surface area (Å²) < 4.78 is 5.35. The molecule has 1 fully saturated rings. The van der Waals surface area contributed by atoms with Crippen LogP contribution in [0.3, 0.4) is 0 Å². The maximum absolute atomic E-state index is 12.8. The number of benzene rings is 1.